The first-order valence-corrected chi connectivity index (χ1v) is 4.78. The molecule has 5 heteroatoms. The Kier molecular flexibility index (Phi) is 4.05. The highest BCUT2D eigenvalue weighted by atomic mass is 16.2. The molecule has 0 aliphatic heterocycles. The van der Waals surface area contributed by atoms with Crippen molar-refractivity contribution in [2.75, 3.05) is 6.54 Å². The van der Waals surface area contributed by atoms with Gasteiger partial charge in [0.25, 0.3) is 0 Å². The van der Waals surface area contributed by atoms with E-state index in [0.29, 0.717) is 12.1 Å². The van der Waals surface area contributed by atoms with Gasteiger partial charge in [-0.05, 0) is 6.42 Å². The van der Waals surface area contributed by atoms with Gasteiger partial charge in [-0.2, -0.15) is 5.10 Å². The monoisotopic (exact) mass is 208 g/mol. The lowest BCUT2D eigenvalue weighted by molar-refractivity contribution is -0.122. The molecule has 0 radical (unpaired) electrons. The minimum atomic E-state index is -0.650. The Morgan fingerprint density at radius 3 is 3.13 bits per heavy atom. The molecule has 0 saturated heterocycles. The zero-order valence-electron chi connectivity index (χ0n) is 8.81. The fraction of sp³-hybridized carbons (Fsp3) is 0.400. The summed E-state index contributed by atoms with van der Waals surface area (Å²) in [6.07, 6.45) is 5.82. The SMILES string of the molecule is C=CCCNC(=O)C(N)c1cnn(C)c1. The summed E-state index contributed by atoms with van der Waals surface area (Å²) < 4.78 is 1.62. The molecule has 5 nitrogen and oxygen atoms in total. The second-order valence-electron chi connectivity index (χ2n) is 3.29. The molecule has 1 unspecified atom stereocenters. The van der Waals surface area contributed by atoms with Gasteiger partial charge in [0, 0.05) is 25.4 Å². The Labute approximate surface area is 89.0 Å². The molecule has 0 aromatic carbocycles. The highest BCUT2D eigenvalue weighted by molar-refractivity contribution is 5.82. The third kappa shape index (κ3) is 3.21. The van der Waals surface area contributed by atoms with Crippen molar-refractivity contribution in [2.24, 2.45) is 12.8 Å². The molecule has 3 N–H and O–H groups in total. The average Bonchev–Trinajstić information content (AvgIpc) is 2.64. The van der Waals surface area contributed by atoms with Crippen LogP contribution in [0.15, 0.2) is 25.0 Å². The molecule has 0 aliphatic carbocycles. The Hall–Kier alpha value is -1.62. The summed E-state index contributed by atoms with van der Waals surface area (Å²) in [5, 5.41) is 6.68. The van der Waals surface area contributed by atoms with Crippen LogP contribution in [-0.4, -0.2) is 22.2 Å². The molecular weight excluding hydrogens is 192 g/mol. The van der Waals surface area contributed by atoms with Crippen molar-refractivity contribution in [1.82, 2.24) is 15.1 Å². The van der Waals surface area contributed by atoms with Crippen LogP contribution in [0.3, 0.4) is 0 Å². The van der Waals surface area contributed by atoms with Gasteiger partial charge in [-0.1, -0.05) is 6.08 Å². The zero-order valence-corrected chi connectivity index (χ0v) is 8.81. The minimum Gasteiger partial charge on any atom is -0.354 e. The van der Waals surface area contributed by atoms with E-state index in [9.17, 15) is 4.79 Å². The van der Waals surface area contributed by atoms with Crippen LogP contribution in [0.2, 0.25) is 0 Å². The summed E-state index contributed by atoms with van der Waals surface area (Å²) in [6.45, 7) is 4.13. The summed E-state index contributed by atoms with van der Waals surface area (Å²) in [7, 11) is 1.78. The van der Waals surface area contributed by atoms with Crippen LogP contribution in [0.1, 0.15) is 18.0 Å². The van der Waals surface area contributed by atoms with E-state index in [1.54, 1.807) is 30.2 Å². The first-order chi connectivity index (χ1) is 7.15. The van der Waals surface area contributed by atoms with E-state index in [1.165, 1.54) is 0 Å². The molecule has 0 spiro atoms. The van der Waals surface area contributed by atoms with E-state index >= 15 is 0 Å². The van der Waals surface area contributed by atoms with Gasteiger partial charge in [-0.25, -0.2) is 0 Å². The molecule has 1 heterocycles. The van der Waals surface area contributed by atoms with Crippen LogP contribution in [0.5, 0.6) is 0 Å². The van der Waals surface area contributed by atoms with Crippen molar-refractivity contribution < 1.29 is 4.79 Å². The first-order valence-electron chi connectivity index (χ1n) is 4.78. The number of aryl methyl sites for hydroxylation is 1. The fourth-order valence-corrected chi connectivity index (χ4v) is 1.16. The van der Waals surface area contributed by atoms with Gasteiger partial charge in [-0.3, -0.25) is 9.48 Å². The second-order valence-corrected chi connectivity index (χ2v) is 3.29. The van der Waals surface area contributed by atoms with Gasteiger partial charge in [0.05, 0.1) is 6.20 Å². The fourth-order valence-electron chi connectivity index (χ4n) is 1.16. The Morgan fingerprint density at radius 2 is 2.60 bits per heavy atom. The summed E-state index contributed by atoms with van der Waals surface area (Å²) >= 11 is 0. The maximum Gasteiger partial charge on any atom is 0.241 e. The van der Waals surface area contributed by atoms with Crippen molar-refractivity contribution in [3.8, 4) is 0 Å². The van der Waals surface area contributed by atoms with Crippen LogP contribution in [0.4, 0.5) is 0 Å². The Bertz CT molecular complexity index is 345. The predicted molar refractivity (Wildman–Crippen MR) is 58.0 cm³/mol. The third-order valence-electron chi connectivity index (χ3n) is 2.01. The van der Waals surface area contributed by atoms with E-state index in [2.05, 4.69) is 17.0 Å². The van der Waals surface area contributed by atoms with E-state index in [0.717, 1.165) is 6.42 Å². The molecule has 1 amide bonds. The van der Waals surface area contributed by atoms with Gasteiger partial charge in [-0.15, -0.1) is 6.58 Å². The molecule has 0 bridgehead atoms. The Balaban J connectivity index is 2.49. The molecule has 1 atom stereocenters. The van der Waals surface area contributed by atoms with Crippen molar-refractivity contribution >= 4 is 5.91 Å². The number of amides is 1. The molecule has 0 saturated carbocycles. The van der Waals surface area contributed by atoms with Crippen LogP contribution in [0, 0.1) is 0 Å². The molecule has 15 heavy (non-hydrogen) atoms. The standard InChI is InChI=1S/C10H16N4O/c1-3-4-5-12-10(15)9(11)8-6-13-14(2)7-8/h3,6-7,9H,1,4-5,11H2,2H3,(H,12,15). The molecule has 0 aliphatic rings. The van der Waals surface area contributed by atoms with Gasteiger partial charge in [0.1, 0.15) is 6.04 Å². The predicted octanol–water partition coefficient (Wildman–Crippen LogP) is 0.112. The van der Waals surface area contributed by atoms with Crippen LogP contribution >= 0.6 is 0 Å². The van der Waals surface area contributed by atoms with Crippen molar-refractivity contribution in [3.05, 3.63) is 30.6 Å². The maximum absolute atomic E-state index is 11.5. The smallest absolute Gasteiger partial charge is 0.241 e. The number of aromatic nitrogens is 2. The molecule has 0 fully saturated rings. The van der Waals surface area contributed by atoms with Gasteiger partial charge in [0.15, 0.2) is 0 Å². The minimum absolute atomic E-state index is 0.190. The number of nitrogens with two attached hydrogens (primary N) is 1. The molecule has 1 aromatic rings. The zero-order chi connectivity index (χ0) is 11.3. The summed E-state index contributed by atoms with van der Waals surface area (Å²) in [4.78, 5) is 11.5. The largest absolute Gasteiger partial charge is 0.354 e. The summed E-state index contributed by atoms with van der Waals surface area (Å²) in [5.74, 6) is -0.190. The van der Waals surface area contributed by atoms with E-state index in [4.69, 9.17) is 5.73 Å². The van der Waals surface area contributed by atoms with Crippen molar-refractivity contribution in [1.29, 1.82) is 0 Å². The molecule has 1 aromatic heterocycles. The number of hydrogen-bond acceptors (Lipinski definition) is 3. The molecular formula is C10H16N4O. The lowest BCUT2D eigenvalue weighted by atomic mass is 10.1. The van der Waals surface area contributed by atoms with Gasteiger partial charge in [0.2, 0.25) is 5.91 Å². The number of carbonyl (C=O) groups excluding carboxylic acids is 1. The van der Waals surface area contributed by atoms with Crippen molar-refractivity contribution in [2.45, 2.75) is 12.5 Å². The number of nitrogens with zero attached hydrogens (tertiary/aromatic N) is 2. The normalized spacial score (nSPS) is 12.1. The average molecular weight is 208 g/mol. The summed E-state index contributed by atoms with van der Waals surface area (Å²) in [6, 6.07) is -0.650. The van der Waals surface area contributed by atoms with Crippen LogP contribution in [0.25, 0.3) is 0 Å². The highest BCUT2D eigenvalue weighted by Crippen LogP contribution is 2.07. The van der Waals surface area contributed by atoms with E-state index in [1.807, 2.05) is 0 Å². The molecule has 82 valence electrons. The third-order valence-corrected chi connectivity index (χ3v) is 2.01. The second kappa shape index (κ2) is 5.31. The number of hydrogen-bond donors (Lipinski definition) is 2. The lowest BCUT2D eigenvalue weighted by Gasteiger charge is -2.09. The van der Waals surface area contributed by atoms with Gasteiger partial charge < -0.3 is 11.1 Å². The van der Waals surface area contributed by atoms with Crippen molar-refractivity contribution in [3.63, 3.8) is 0 Å². The highest BCUT2D eigenvalue weighted by Gasteiger charge is 2.16. The number of nitrogens with one attached hydrogen (secondary N) is 1. The Morgan fingerprint density at radius 1 is 1.87 bits per heavy atom. The van der Waals surface area contributed by atoms with Gasteiger partial charge >= 0.3 is 0 Å². The lowest BCUT2D eigenvalue weighted by Crippen LogP contribution is -2.34. The number of carbonyl (C=O) groups is 1. The topological polar surface area (TPSA) is 72.9 Å². The quantitative estimate of drug-likeness (QED) is 0.533. The van der Waals surface area contributed by atoms with Crippen LogP contribution < -0.4 is 11.1 Å². The maximum atomic E-state index is 11.5. The number of rotatable bonds is 5. The molecule has 1 rings (SSSR count). The van der Waals surface area contributed by atoms with E-state index in [-0.39, 0.29) is 5.91 Å². The first kappa shape index (κ1) is 11.5. The van der Waals surface area contributed by atoms with E-state index < -0.39 is 6.04 Å². The van der Waals surface area contributed by atoms with Crippen LogP contribution in [-0.2, 0) is 11.8 Å². The summed E-state index contributed by atoms with van der Waals surface area (Å²) in [5.41, 5.74) is 6.46.